The highest BCUT2D eigenvalue weighted by Crippen LogP contribution is 2.41. The van der Waals surface area contributed by atoms with Gasteiger partial charge in [-0.15, -0.1) is 11.3 Å². The maximum atomic E-state index is 13.2. The van der Waals surface area contributed by atoms with E-state index in [1.165, 1.54) is 16.2 Å². The van der Waals surface area contributed by atoms with Gasteiger partial charge in [-0.2, -0.15) is 0 Å². The number of nitrogens with one attached hydrogen (secondary N) is 2. The third-order valence-electron chi connectivity index (χ3n) is 6.81. The van der Waals surface area contributed by atoms with E-state index < -0.39 is 17.8 Å². The molecule has 30 heavy (non-hydrogen) atoms. The Kier molecular flexibility index (Phi) is 5.75. The number of thiophene rings is 1. The van der Waals surface area contributed by atoms with E-state index in [0.29, 0.717) is 29.3 Å². The van der Waals surface area contributed by atoms with E-state index in [4.69, 9.17) is 0 Å². The van der Waals surface area contributed by atoms with Gasteiger partial charge < -0.3 is 15.7 Å². The third kappa shape index (κ3) is 4.17. The second kappa shape index (κ2) is 8.17. The Morgan fingerprint density at radius 1 is 1.00 bits per heavy atom. The van der Waals surface area contributed by atoms with Crippen LogP contribution in [0.4, 0.5) is 5.00 Å². The molecule has 0 aliphatic heterocycles. The first kappa shape index (κ1) is 21.1. The zero-order valence-electron chi connectivity index (χ0n) is 17.8. The smallest absolute Gasteiger partial charge is 0.307 e. The van der Waals surface area contributed by atoms with E-state index in [1.807, 2.05) is 13.8 Å². The quantitative estimate of drug-likeness (QED) is 0.612. The van der Waals surface area contributed by atoms with Crippen LogP contribution in [0, 0.1) is 17.8 Å². The van der Waals surface area contributed by atoms with Gasteiger partial charge in [0.1, 0.15) is 5.00 Å². The molecule has 1 aromatic rings. The van der Waals surface area contributed by atoms with E-state index in [0.717, 1.165) is 48.8 Å². The SMILES string of the molecule is CC1=C(C)C[C@@H](C(=O)Nc2sc3c(c2C(=O)NC2CC2)CC[C@@H](C)C3)[C@@H](C(=O)O)C1. The van der Waals surface area contributed by atoms with Gasteiger partial charge in [0.2, 0.25) is 5.91 Å². The van der Waals surface area contributed by atoms with E-state index in [2.05, 4.69) is 17.6 Å². The highest BCUT2D eigenvalue weighted by molar-refractivity contribution is 7.17. The molecule has 1 heterocycles. The number of carboxylic acid groups (broad SMARTS) is 1. The lowest BCUT2D eigenvalue weighted by Crippen LogP contribution is -2.37. The molecular formula is C23H30N2O4S. The molecule has 1 saturated carbocycles. The molecule has 3 atom stereocenters. The summed E-state index contributed by atoms with van der Waals surface area (Å²) >= 11 is 1.49. The zero-order valence-corrected chi connectivity index (χ0v) is 18.7. The molecule has 0 radical (unpaired) electrons. The Balaban J connectivity index is 1.62. The third-order valence-corrected chi connectivity index (χ3v) is 7.98. The lowest BCUT2D eigenvalue weighted by atomic mass is 9.76. The van der Waals surface area contributed by atoms with Crippen LogP contribution < -0.4 is 10.6 Å². The van der Waals surface area contributed by atoms with Gasteiger partial charge in [0.15, 0.2) is 0 Å². The average molecular weight is 431 g/mol. The Morgan fingerprint density at radius 2 is 1.67 bits per heavy atom. The molecule has 3 aliphatic rings. The second-order valence-corrected chi connectivity index (χ2v) is 10.4. The van der Waals surface area contributed by atoms with Crippen molar-refractivity contribution in [2.24, 2.45) is 17.8 Å². The Hall–Kier alpha value is -2.15. The Labute approximate surface area is 181 Å². The van der Waals surface area contributed by atoms with E-state index in [-0.39, 0.29) is 17.9 Å². The predicted octanol–water partition coefficient (Wildman–Crippen LogP) is 4.15. The average Bonchev–Trinajstić information content (AvgIpc) is 3.42. The fraction of sp³-hybridized carbons (Fsp3) is 0.609. The van der Waals surface area contributed by atoms with Crippen molar-refractivity contribution in [3.63, 3.8) is 0 Å². The second-order valence-electron chi connectivity index (χ2n) is 9.31. The molecule has 0 spiro atoms. The minimum atomic E-state index is -0.937. The van der Waals surface area contributed by atoms with Crippen molar-refractivity contribution in [3.05, 3.63) is 27.2 Å². The molecule has 3 aliphatic carbocycles. The molecule has 2 amide bonds. The van der Waals surface area contributed by atoms with Crippen molar-refractivity contribution in [3.8, 4) is 0 Å². The number of fused-ring (bicyclic) bond motifs is 1. The lowest BCUT2D eigenvalue weighted by molar-refractivity contribution is -0.146. The van der Waals surface area contributed by atoms with Crippen molar-refractivity contribution >= 4 is 34.1 Å². The largest absolute Gasteiger partial charge is 0.481 e. The number of carbonyl (C=O) groups excluding carboxylic acids is 2. The molecule has 0 unspecified atom stereocenters. The maximum Gasteiger partial charge on any atom is 0.307 e. The topological polar surface area (TPSA) is 95.5 Å². The maximum absolute atomic E-state index is 13.2. The molecule has 162 valence electrons. The van der Waals surface area contributed by atoms with Crippen LogP contribution in [-0.2, 0) is 22.4 Å². The van der Waals surface area contributed by atoms with Gasteiger partial charge in [0, 0.05) is 10.9 Å². The van der Waals surface area contributed by atoms with Gasteiger partial charge in [-0.25, -0.2) is 0 Å². The lowest BCUT2D eigenvalue weighted by Gasteiger charge is -2.29. The van der Waals surface area contributed by atoms with E-state index in [9.17, 15) is 19.5 Å². The molecular weight excluding hydrogens is 400 g/mol. The molecule has 4 rings (SSSR count). The fourth-order valence-corrected chi connectivity index (χ4v) is 6.01. The van der Waals surface area contributed by atoms with Crippen LogP contribution in [0.25, 0.3) is 0 Å². The molecule has 3 N–H and O–H groups in total. The molecule has 1 fully saturated rings. The van der Waals surface area contributed by atoms with Crippen molar-refractivity contribution < 1.29 is 19.5 Å². The summed E-state index contributed by atoms with van der Waals surface area (Å²) < 4.78 is 0. The monoisotopic (exact) mass is 430 g/mol. The predicted molar refractivity (Wildman–Crippen MR) is 117 cm³/mol. The number of hydrogen-bond acceptors (Lipinski definition) is 4. The van der Waals surface area contributed by atoms with Crippen LogP contribution in [-0.4, -0.2) is 28.9 Å². The number of aliphatic carboxylic acids is 1. The normalized spacial score (nSPS) is 26.2. The van der Waals surface area contributed by atoms with Crippen LogP contribution in [0.3, 0.4) is 0 Å². The number of rotatable bonds is 5. The number of amides is 2. The minimum Gasteiger partial charge on any atom is -0.481 e. The number of anilines is 1. The minimum absolute atomic E-state index is 0.106. The number of carbonyl (C=O) groups is 3. The zero-order chi connectivity index (χ0) is 21.6. The van der Waals surface area contributed by atoms with Gasteiger partial charge in [-0.1, -0.05) is 18.1 Å². The summed E-state index contributed by atoms with van der Waals surface area (Å²) in [7, 11) is 0. The van der Waals surface area contributed by atoms with Crippen molar-refractivity contribution in [1.29, 1.82) is 0 Å². The van der Waals surface area contributed by atoms with Crippen LogP contribution in [0.1, 0.15) is 73.7 Å². The summed E-state index contributed by atoms with van der Waals surface area (Å²) in [4.78, 5) is 39.2. The van der Waals surface area contributed by atoms with Gasteiger partial charge in [0.25, 0.3) is 5.91 Å². The number of hydrogen-bond donors (Lipinski definition) is 3. The first-order valence-corrected chi connectivity index (χ1v) is 11.7. The van der Waals surface area contributed by atoms with Gasteiger partial charge in [-0.05, 0) is 70.3 Å². The van der Waals surface area contributed by atoms with Gasteiger partial charge in [0.05, 0.1) is 17.4 Å². The number of allylic oxidation sites excluding steroid dienone is 2. The standard InChI is InChI=1S/C23H30N2O4S/c1-11-4-7-15-18(8-11)30-22(19(15)21(27)24-14-5-6-14)25-20(26)16-9-12(2)13(3)10-17(16)23(28)29/h11,14,16-17H,4-10H2,1-3H3,(H,24,27)(H,25,26)(H,28,29)/t11-,16-,17+/m1/s1. The summed E-state index contributed by atoms with van der Waals surface area (Å²) in [5.41, 5.74) is 3.81. The number of carboxylic acids is 1. The molecule has 0 saturated heterocycles. The van der Waals surface area contributed by atoms with E-state index >= 15 is 0 Å². The summed E-state index contributed by atoms with van der Waals surface area (Å²) in [6.07, 6.45) is 5.65. The molecule has 1 aromatic heterocycles. The Morgan fingerprint density at radius 3 is 2.30 bits per heavy atom. The van der Waals surface area contributed by atoms with Crippen LogP contribution >= 0.6 is 11.3 Å². The molecule has 7 heteroatoms. The highest BCUT2D eigenvalue weighted by Gasteiger charge is 2.38. The highest BCUT2D eigenvalue weighted by atomic mass is 32.1. The molecule has 0 aromatic carbocycles. The van der Waals surface area contributed by atoms with Crippen molar-refractivity contribution in [1.82, 2.24) is 5.32 Å². The van der Waals surface area contributed by atoms with Crippen LogP contribution in [0.2, 0.25) is 0 Å². The van der Waals surface area contributed by atoms with Crippen LogP contribution in [0.5, 0.6) is 0 Å². The van der Waals surface area contributed by atoms with Crippen LogP contribution in [0.15, 0.2) is 11.1 Å². The Bertz CT molecular complexity index is 928. The summed E-state index contributed by atoms with van der Waals surface area (Å²) in [6.45, 7) is 6.11. The van der Waals surface area contributed by atoms with Crippen molar-refractivity contribution in [2.75, 3.05) is 5.32 Å². The molecule has 6 nitrogen and oxygen atoms in total. The molecule has 0 bridgehead atoms. The first-order valence-electron chi connectivity index (χ1n) is 10.9. The van der Waals surface area contributed by atoms with Gasteiger partial charge >= 0.3 is 5.97 Å². The summed E-state index contributed by atoms with van der Waals surface area (Å²) in [5, 5.41) is 16.3. The van der Waals surface area contributed by atoms with Gasteiger partial charge in [-0.3, -0.25) is 14.4 Å². The summed E-state index contributed by atoms with van der Waals surface area (Å²) in [5.74, 6) is -2.13. The van der Waals surface area contributed by atoms with Crippen molar-refractivity contribution in [2.45, 2.75) is 71.8 Å². The van der Waals surface area contributed by atoms with E-state index in [1.54, 1.807) is 0 Å². The summed E-state index contributed by atoms with van der Waals surface area (Å²) in [6, 6.07) is 0.240. The first-order chi connectivity index (χ1) is 14.2. The fourth-order valence-electron chi connectivity index (χ4n) is 4.60.